The number of carboxylic acid groups (broad SMARTS) is 1. The molecule has 3 rings (SSSR count). The molecule has 3 heterocycles. The van der Waals surface area contributed by atoms with Crippen LogP contribution in [-0.4, -0.2) is 45.7 Å². The highest BCUT2D eigenvalue weighted by Gasteiger charge is 2.20. The fourth-order valence-electron chi connectivity index (χ4n) is 3.21. The SMILES string of the molecule is O=C(O)Cc1ccc(OCCCC2CCN(c3ncc(Cl)cn3)CC2)cn1. The molecule has 7 nitrogen and oxygen atoms in total. The quantitative estimate of drug-likeness (QED) is 0.692. The first-order valence-electron chi connectivity index (χ1n) is 9.12. The van der Waals surface area contributed by atoms with Gasteiger partial charge in [-0.15, -0.1) is 0 Å². The van der Waals surface area contributed by atoms with Gasteiger partial charge < -0.3 is 14.7 Å². The molecular weight excluding hydrogens is 368 g/mol. The lowest BCUT2D eigenvalue weighted by atomic mass is 9.92. The lowest BCUT2D eigenvalue weighted by Crippen LogP contribution is -2.34. The highest BCUT2D eigenvalue weighted by molar-refractivity contribution is 6.30. The van der Waals surface area contributed by atoms with Crippen molar-refractivity contribution in [3.05, 3.63) is 41.4 Å². The Balaban J connectivity index is 1.33. The Morgan fingerprint density at radius 1 is 1.19 bits per heavy atom. The fraction of sp³-hybridized carbons (Fsp3) is 0.474. The number of aromatic nitrogens is 3. The summed E-state index contributed by atoms with van der Waals surface area (Å²) in [6, 6.07) is 3.47. The van der Waals surface area contributed by atoms with Crippen molar-refractivity contribution in [1.29, 1.82) is 0 Å². The number of piperidine rings is 1. The summed E-state index contributed by atoms with van der Waals surface area (Å²) < 4.78 is 5.71. The van der Waals surface area contributed by atoms with Crippen LogP contribution >= 0.6 is 11.6 Å². The normalized spacial score (nSPS) is 14.9. The monoisotopic (exact) mass is 390 g/mol. The van der Waals surface area contributed by atoms with Gasteiger partial charge in [-0.1, -0.05) is 11.6 Å². The van der Waals surface area contributed by atoms with Crippen molar-refractivity contribution in [2.24, 2.45) is 5.92 Å². The van der Waals surface area contributed by atoms with Gasteiger partial charge >= 0.3 is 5.97 Å². The number of ether oxygens (including phenoxy) is 1. The third-order valence-electron chi connectivity index (χ3n) is 4.66. The molecule has 1 N–H and O–H groups in total. The van der Waals surface area contributed by atoms with E-state index in [-0.39, 0.29) is 6.42 Å². The van der Waals surface area contributed by atoms with Gasteiger partial charge in [0.1, 0.15) is 5.75 Å². The zero-order valence-corrected chi connectivity index (χ0v) is 15.8. The average molecular weight is 391 g/mol. The Labute approximate surface area is 163 Å². The Morgan fingerprint density at radius 3 is 2.56 bits per heavy atom. The summed E-state index contributed by atoms with van der Waals surface area (Å²) in [4.78, 5) is 25.5. The maximum Gasteiger partial charge on any atom is 0.309 e. The first kappa shape index (κ1) is 19.4. The molecule has 2 aromatic heterocycles. The molecule has 0 spiro atoms. The molecule has 0 atom stereocenters. The van der Waals surface area contributed by atoms with Crippen LogP contribution < -0.4 is 9.64 Å². The number of rotatable bonds is 8. The van der Waals surface area contributed by atoms with Crippen LogP contribution in [-0.2, 0) is 11.2 Å². The number of halogens is 1. The number of anilines is 1. The van der Waals surface area contributed by atoms with Crippen LogP contribution in [0.4, 0.5) is 5.95 Å². The van der Waals surface area contributed by atoms with E-state index >= 15 is 0 Å². The van der Waals surface area contributed by atoms with Crippen LogP contribution in [0.3, 0.4) is 0 Å². The summed E-state index contributed by atoms with van der Waals surface area (Å²) in [6.45, 7) is 2.56. The van der Waals surface area contributed by atoms with Gasteiger partial charge in [0, 0.05) is 13.1 Å². The second-order valence-electron chi connectivity index (χ2n) is 6.68. The molecule has 2 aromatic rings. The van der Waals surface area contributed by atoms with Crippen molar-refractivity contribution >= 4 is 23.5 Å². The highest BCUT2D eigenvalue weighted by Crippen LogP contribution is 2.24. The average Bonchev–Trinajstić information content (AvgIpc) is 2.67. The zero-order valence-electron chi connectivity index (χ0n) is 15.1. The van der Waals surface area contributed by atoms with E-state index in [1.807, 2.05) is 0 Å². The maximum absolute atomic E-state index is 10.6. The summed E-state index contributed by atoms with van der Waals surface area (Å²) in [5, 5.41) is 9.29. The van der Waals surface area contributed by atoms with Crippen molar-refractivity contribution in [1.82, 2.24) is 15.0 Å². The Bertz CT molecular complexity index is 732. The second kappa shape index (κ2) is 9.50. The van der Waals surface area contributed by atoms with Crippen LogP contribution in [0, 0.1) is 5.92 Å². The Hall–Kier alpha value is -2.41. The third-order valence-corrected chi connectivity index (χ3v) is 4.85. The summed E-state index contributed by atoms with van der Waals surface area (Å²) in [5.41, 5.74) is 0.534. The molecule has 0 amide bonds. The molecular formula is C19H23ClN4O3. The number of aliphatic carboxylic acids is 1. The largest absolute Gasteiger partial charge is 0.492 e. The summed E-state index contributed by atoms with van der Waals surface area (Å²) in [5.74, 6) is 1.23. The van der Waals surface area contributed by atoms with Gasteiger partial charge in [-0.3, -0.25) is 9.78 Å². The first-order valence-corrected chi connectivity index (χ1v) is 9.50. The van der Waals surface area contributed by atoms with E-state index in [4.69, 9.17) is 21.4 Å². The van der Waals surface area contributed by atoms with E-state index in [1.54, 1.807) is 30.7 Å². The molecule has 0 aromatic carbocycles. The van der Waals surface area contributed by atoms with E-state index in [0.717, 1.165) is 44.7 Å². The second-order valence-corrected chi connectivity index (χ2v) is 7.11. The van der Waals surface area contributed by atoms with Crippen LogP contribution in [0.2, 0.25) is 5.02 Å². The number of pyridine rings is 1. The van der Waals surface area contributed by atoms with Crippen LogP contribution in [0.5, 0.6) is 5.75 Å². The van der Waals surface area contributed by atoms with Crippen molar-refractivity contribution in [3.63, 3.8) is 0 Å². The van der Waals surface area contributed by atoms with Crippen molar-refractivity contribution < 1.29 is 14.6 Å². The minimum absolute atomic E-state index is 0.0694. The smallest absolute Gasteiger partial charge is 0.309 e. The minimum atomic E-state index is -0.884. The molecule has 0 unspecified atom stereocenters. The van der Waals surface area contributed by atoms with E-state index in [2.05, 4.69) is 19.9 Å². The van der Waals surface area contributed by atoms with Gasteiger partial charge in [-0.05, 0) is 43.7 Å². The molecule has 0 bridgehead atoms. The third kappa shape index (κ3) is 6.06. The topological polar surface area (TPSA) is 88.4 Å². The van der Waals surface area contributed by atoms with Crippen LogP contribution in [0.25, 0.3) is 0 Å². The predicted octanol–water partition coefficient (Wildman–Crippen LogP) is 3.23. The van der Waals surface area contributed by atoms with Crippen LogP contribution in [0.15, 0.2) is 30.7 Å². The molecule has 27 heavy (non-hydrogen) atoms. The number of carbonyl (C=O) groups is 1. The zero-order chi connectivity index (χ0) is 19.1. The van der Waals surface area contributed by atoms with Gasteiger partial charge in [-0.2, -0.15) is 0 Å². The number of nitrogens with zero attached hydrogens (tertiary/aromatic N) is 4. The van der Waals surface area contributed by atoms with E-state index < -0.39 is 5.97 Å². The van der Waals surface area contributed by atoms with Gasteiger partial charge in [-0.25, -0.2) is 9.97 Å². The Morgan fingerprint density at radius 2 is 1.93 bits per heavy atom. The summed E-state index contributed by atoms with van der Waals surface area (Å²) >= 11 is 5.83. The molecule has 0 radical (unpaired) electrons. The highest BCUT2D eigenvalue weighted by atomic mass is 35.5. The Kier molecular flexibility index (Phi) is 6.81. The van der Waals surface area contributed by atoms with Crippen molar-refractivity contribution in [2.75, 3.05) is 24.6 Å². The predicted molar refractivity (Wildman–Crippen MR) is 102 cm³/mol. The minimum Gasteiger partial charge on any atom is -0.492 e. The standard InChI is InChI=1S/C19H23ClN4O3/c20-15-11-22-19(23-12-15)24-7-5-14(6-8-24)2-1-9-27-17-4-3-16(21-13-17)10-18(25)26/h3-4,11-14H,1-2,5-10H2,(H,25,26). The number of hydrogen-bond donors (Lipinski definition) is 1. The molecule has 1 aliphatic heterocycles. The molecule has 0 saturated carbocycles. The number of hydrogen-bond acceptors (Lipinski definition) is 6. The van der Waals surface area contributed by atoms with Crippen LogP contribution in [0.1, 0.15) is 31.4 Å². The van der Waals surface area contributed by atoms with Crippen molar-refractivity contribution in [3.8, 4) is 5.75 Å². The van der Waals surface area contributed by atoms with E-state index in [9.17, 15) is 4.79 Å². The fourth-order valence-corrected chi connectivity index (χ4v) is 3.31. The molecule has 8 heteroatoms. The van der Waals surface area contributed by atoms with Gasteiger partial charge in [0.2, 0.25) is 5.95 Å². The van der Waals surface area contributed by atoms with Gasteiger partial charge in [0.05, 0.1) is 42.3 Å². The van der Waals surface area contributed by atoms with E-state index in [1.165, 1.54) is 0 Å². The van der Waals surface area contributed by atoms with E-state index in [0.29, 0.717) is 29.0 Å². The molecule has 1 aliphatic rings. The molecule has 0 aliphatic carbocycles. The molecule has 1 fully saturated rings. The lowest BCUT2D eigenvalue weighted by molar-refractivity contribution is -0.136. The number of carboxylic acids is 1. The van der Waals surface area contributed by atoms with Gasteiger partial charge in [0.15, 0.2) is 0 Å². The van der Waals surface area contributed by atoms with Crippen molar-refractivity contribution in [2.45, 2.75) is 32.1 Å². The summed E-state index contributed by atoms with van der Waals surface area (Å²) in [7, 11) is 0. The maximum atomic E-state index is 10.6. The summed E-state index contributed by atoms with van der Waals surface area (Å²) in [6.07, 6.45) is 9.14. The van der Waals surface area contributed by atoms with Gasteiger partial charge in [0.25, 0.3) is 0 Å². The molecule has 144 valence electrons. The molecule has 1 saturated heterocycles. The first-order chi connectivity index (χ1) is 13.1. The lowest BCUT2D eigenvalue weighted by Gasteiger charge is -2.31.